The first kappa shape index (κ1) is 25.5. The maximum absolute atomic E-state index is 13.3. The number of carbonyl (C=O) groups excluding carboxylic acids is 2. The van der Waals surface area contributed by atoms with Gasteiger partial charge in [-0.1, -0.05) is 41.4 Å². The van der Waals surface area contributed by atoms with E-state index in [4.69, 9.17) is 16.3 Å². The van der Waals surface area contributed by atoms with Crippen LogP contribution in [0.3, 0.4) is 0 Å². The van der Waals surface area contributed by atoms with Crippen LogP contribution in [0.2, 0.25) is 5.02 Å². The maximum atomic E-state index is 13.3. The van der Waals surface area contributed by atoms with Gasteiger partial charge in [0.25, 0.3) is 0 Å². The molecule has 1 N–H and O–H groups in total. The van der Waals surface area contributed by atoms with Gasteiger partial charge in [0.15, 0.2) is 0 Å². The van der Waals surface area contributed by atoms with Crippen molar-refractivity contribution in [2.75, 3.05) is 31.3 Å². The minimum atomic E-state index is -3.83. The Morgan fingerprint density at radius 2 is 1.88 bits per heavy atom. The van der Waals surface area contributed by atoms with Gasteiger partial charge in [0.2, 0.25) is 21.8 Å². The van der Waals surface area contributed by atoms with Crippen molar-refractivity contribution in [3.63, 3.8) is 0 Å². The zero-order chi connectivity index (χ0) is 24.1. The molecule has 0 fully saturated rings. The van der Waals surface area contributed by atoms with Crippen molar-refractivity contribution in [2.24, 2.45) is 0 Å². The highest BCUT2D eigenvalue weighted by atomic mass is 35.5. The van der Waals surface area contributed by atoms with Crippen LogP contribution in [-0.2, 0) is 26.2 Å². The van der Waals surface area contributed by atoms with E-state index in [-0.39, 0.29) is 23.2 Å². The van der Waals surface area contributed by atoms with Crippen molar-refractivity contribution in [3.8, 4) is 5.75 Å². The quantitative estimate of drug-likeness (QED) is 0.594. The molecule has 2 rings (SSSR count). The third-order valence-corrected chi connectivity index (χ3v) is 6.39. The molecule has 0 bridgehead atoms. The predicted octanol–water partition coefficient (Wildman–Crippen LogP) is 2.59. The van der Waals surface area contributed by atoms with Crippen LogP contribution < -0.4 is 14.4 Å². The third-order valence-electron chi connectivity index (χ3n) is 4.95. The molecule has 1 atom stereocenters. The normalized spacial score (nSPS) is 12.1. The highest BCUT2D eigenvalue weighted by Gasteiger charge is 2.30. The molecule has 0 aliphatic carbocycles. The van der Waals surface area contributed by atoms with Crippen LogP contribution in [0.5, 0.6) is 5.75 Å². The summed E-state index contributed by atoms with van der Waals surface area (Å²) in [4.78, 5) is 27.0. The van der Waals surface area contributed by atoms with E-state index in [9.17, 15) is 18.0 Å². The largest absolute Gasteiger partial charge is 0.495 e. The second kappa shape index (κ2) is 10.7. The molecule has 0 heterocycles. The van der Waals surface area contributed by atoms with E-state index < -0.39 is 28.5 Å². The molecule has 174 valence electrons. The average Bonchev–Trinajstić information content (AvgIpc) is 2.73. The molecule has 2 aromatic rings. The van der Waals surface area contributed by atoms with Gasteiger partial charge in [-0.05, 0) is 37.6 Å². The van der Waals surface area contributed by atoms with Crippen molar-refractivity contribution in [1.29, 1.82) is 0 Å². The summed E-state index contributed by atoms with van der Waals surface area (Å²) in [6, 6.07) is 11.2. The summed E-state index contributed by atoms with van der Waals surface area (Å²) in [5.74, 6) is -0.506. The van der Waals surface area contributed by atoms with Crippen LogP contribution in [0, 0.1) is 6.92 Å². The molecule has 0 aromatic heterocycles. The number of rotatable bonds is 9. The lowest BCUT2D eigenvalue weighted by molar-refractivity contribution is -0.139. The number of ether oxygens (including phenoxy) is 1. The van der Waals surface area contributed by atoms with Crippen LogP contribution in [0.15, 0.2) is 42.5 Å². The number of hydrogen-bond donors (Lipinski definition) is 1. The van der Waals surface area contributed by atoms with E-state index in [0.717, 1.165) is 21.7 Å². The molecule has 2 aromatic carbocycles. The Kier molecular flexibility index (Phi) is 8.51. The molecular formula is C22H28ClN3O5S. The fourth-order valence-corrected chi connectivity index (χ4v) is 4.32. The molecule has 0 radical (unpaired) electrons. The molecule has 0 spiro atoms. The van der Waals surface area contributed by atoms with Gasteiger partial charge in [0.1, 0.15) is 18.3 Å². The number of halogens is 1. The van der Waals surface area contributed by atoms with E-state index in [2.05, 4.69) is 5.32 Å². The number of carbonyl (C=O) groups is 2. The summed E-state index contributed by atoms with van der Waals surface area (Å²) < 4.78 is 31.1. The number of aryl methyl sites for hydroxylation is 1. The topological polar surface area (TPSA) is 96.0 Å². The molecule has 0 aliphatic heterocycles. The van der Waals surface area contributed by atoms with E-state index in [1.165, 1.54) is 37.3 Å². The molecule has 32 heavy (non-hydrogen) atoms. The number of anilines is 1. The second-order valence-corrected chi connectivity index (χ2v) is 9.70. The third kappa shape index (κ3) is 6.37. The first-order valence-electron chi connectivity index (χ1n) is 9.85. The number of benzene rings is 2. The first-order chi connectivity index (χ1) is 15.0. The zero-order valence-electron chi connectivity index (χ0n) is 18.8. The van der Waals surface area contributed by atoms with Crippen molar-refractivity contribution in [3.05, 3.63) is 58.6 Å². The van der Waals surface area contributed by atoms with Gasteiger partial charge in [-0.25, -0.2) is 8.42 Å². The number of nitrogens with one attached hydrogen (secondary N) is 1. The molecule has 8 nitrogen and oxygen atoms in total. The van der Waals surface area contributed by atoms with E-state index in [1.54, 1.807) is 6.92 Å². The summed E-state index contributed by atoms with van der Waals surface area (Å²) in [7, 11) is -0.899. The Balaban J connectivity index is 2.41. The number of sulfonamides is 1. The van der Waals surface area contributed by atoms with Crippen LogP contribution in [0.4, 0.5) is 5.69 Å². The lowest BCUT2D eigenvalue weighted by Crippen LogP contribution is -2.50. The Bertz CT molecular complexity index is 1090. The second-order valence-electron chi connectivity index (χ2n) is 7.39. The van der Waals surface area contributed by atoms with Gasteiger partial charge in [-0.2, -0.15) is 0 Å². The standard InChI is InChI=1S/C22H28ClN3O5S/c1-15-7-6-8-17(11-15)13-25(16(2)22(28)24-3)21(27)14-26(32(5,29)30)18-9-10-20(31-4)19(23)12-18/h6-12,16H,13-14H2,1-5H3,(H,24,28)/t16-/m0/s1. The number of hydrogen-bond acceptors (Lipinski definition) is 5. The average molecular weight is 482 g/mol. The highest BCUT2D eigenvalue weighted by molar-refractivity contribution is 7.92. The maximum Gasteiger partial charge on any atom is 0.244 e. The lowest BCUT2D eigenvalue weighted by Gasteiger charge is -2.31. The van der Waals surface area contributed by atoms with Crippen LogP contribution in [0.25, 0.3) is 0 Å². The van der Waals surface area contributed by atoms with Gasteiger partial charge in [-0.15, -0.1) is 0 Å². The number of nitrogens with zero attached hydrogens (tertiary/aromatic N) is 2. The van der Waals surface area contributed by atoms with Gasteiger partial charge < -0.3 is 15.0 Å². The molecule has 0 saturated carbocycles. The van der Waals surface area contributed by atoms with E-state index in [1.807, 2.05) is 31.2 Å². The smallest absolute Gasteiger partial charge is 0.244 e. The predicted molar refractivity (Wildman–Crippen MR) is 125 cm³/mol. The van der Waals surface area contributed by atoms with Gasteiger partial charge in [0.05, 0.1) is 24.1 Å². The summed E-state index contributed by atoms with van der Waals surface area (Å²) in [5, 5.41) is 2.75. The summed E-state index contributed by atoms with van der Waals surface area (Å²) in [5.41, 5.74) is 2.05. The van der Waals surface area contributed by atoms with Crippen LogP contribution >= 0.6 is 11.6 Å². The fourth-order valence-electron chi connectivity index (χ4n) is 3.22. The van der Waals surface area contributed by atoms with Crippen molar-refractivity contribution >= 4 is 39.1 Å². The van der Waals surface area contributed by atoms with Gasteiger partial charge >= 0.3 is 0 Å². The van der Waals surface area contributed by atoms with Crippen LogP contribution in [0.1, 0.15) is 18.1 Å². The SMILES string of the molecule is CNC(=O)[C@H](C)N(Cc1cccc(C)c1)C(=O)CN(c1ccc(OC)c(Cl)c1)S(C)(=O)=O. The molecule has 0 unspecified atom stereocenters. The number of methoxy groups -OCH3 is 1. The minimum absolute atomic E-state index is 0.149. The molecule has 10 heteroatoms. The molecular weight excluding hydrogens is 454 g/mol. The summed E-state index contributed by atoms with van der Waals surface area (Å²) in [6.45, 7) is 3.18. The summed E-state index contributed by atoms with van der Waals surface area (Å²) in [6.07, 6.45) is 1.01. The number of amides is 2. The fraction of sp³-hybridized carbons (Fsp3) is 0.364. The molecule has 0 aliphatic rings. The molecule has 2 amide bonds. The Morgan fingerprint density at radius 1 is 1.19 bits per heavy atom. The Hall–Kier alpha value is -2.78. The van der Waals surface area contributed by atoms with Crippen molar-refractivity contribution in [2.45, 2.75) is 26.4 Å². The van der Waals surface area contributed by atoms with Gasteiger partial charge in [-0.3, -0.25) is 13.9 Å². The zero-order valence-corrected chi connectivity index (χ0v) is 20.3. The van der Waals surface area contributed by atoms with Gasteiger partial charge in [0, 0.05) is 13.6 Å². The van der Waals surface area contributed by atoms with Crippen LogP contribution in [-0.4, -0.2) is 58.1 Å². The van der Waals surface area contributed by atoms with E-state index in [0.29, 0.717) is 5.75 Å². The monoisotopic (exact) mass is 481 g/mol. The highest BCUT2D eigenvalue weighted by Crippen LogP contribution is 2.30. The minimum Gasteiger partial charge on any atom is -0.495 e. The number of likely N-dealkylation sites (N-methyl/N-ethyl adjacent to an activating group) is 1. The summed E-state index contributed by atoms with van der Waals surface area (Å²) >= 11 is 6.16. The Morgan fingerprint density at radius 3 is 2.41 bits per heavy atom. The van der Waals surface area contributed by atoms with Crippen molar-refractivity contribution < 1.29 is 22.7 Å². The lowest BCUT2D eigenvalue weighted by atomic mass is 10.1. The van der Waals surface area contributed by atoms with Crippen molar-refractivity contribution in [1.82, 2.24) is 10.2 Å². The first-order valence-corrected chi connectivity index (χ1v) is 12.1. The molecule has 0 saturated heterocycles. The van der Waals surface area contributed by atoms with E-state index >= 15 is 0 Å². The Labute approximate surface area is 194 Å².